The topological polar surface area (TPSA) is 37.8 Å². The second kappa shape index (κ2) is 5.06. The van der Waals surface area contributed by atoms with Crippen LogP contribution in [-0.4, -0.2) is 17.0 Å². The van der Waals surface area contributed by atoms with Crippen molar-refractivity contribution >= 4 is 0 Å². The van der Waals surface area contributed by atoms with Crippen molar-refractivity contribution in [1.82, 2.24) is 15.3 Å². The molecule has 0 bridgehead atoms. The summed E-state index contributed by atoms with van der Waals surface area (Å²) in [5, 5.41) is 3.31. The minimum atomic E-state index is 0.171. The van der Waals surface area contributed by atoms with Crippen LogP contribution in [0.3, 0.4) is 0 Å². The molecule has 0 aromatic carbocycles. The fourth-order valence-corrected chi connectivity index (χ4v) is 1.92. The van der Waals surface area contributed by atoms with E-state index in [-0.39, 0.29) is 6.04 Å². The van der Waals surface area contributed by atoms with Crippen LogP contribution >= 0.6 is 0 Å². The number of nitrogens with one attached hydrogen (secondary N) is 1. The summed E-state index contributed by atoms with van der Waals surface area (Å²) in [6.07, 6.45) is 3.77. The van der Waals surface area contributed by atoms with Gasteiger partial charge in [0.15, 0.2) is 0 Å². The van der Waals surface area contributed by atoms with Crippen LogP contribution in [0, 0.1) is 13.8 Å². The zero-order valence-corrected chi connectivity index (χ0v) is 10.4. The van der Waals surface area contributed by atoms with E-state index in [0.717, 1.165) is 11.4 Å². The molecule has 0 saturated heterocycles. The lowest BCUT2D eigenvalue weighted by molar-refractivity contribution is 0.686. The van der Waals surface area contributed by atoms with E-state index < -0.39 is 0 Å². The van der Waals surface area contributed by atoms with Gasteiger partial charge in [0.25, 0.3) is 0 Å². The Hall–Kier alpha value is -1.74. The number of pyridine rings is 2. The highest BCUT2D eigenvalue weighted by Crippen LogP contribution is 2.21. The summed E-state index contributed by atoms with van der Waals surface area (Å²) in [6, 6.07) is 8.45. The molecule has 0 aliphatic carbocycles. The van der Waals surface area contributed by atoms with Crippen LogP contribution in [0.25, 0.3) is 0 Å². The highest BCUT2D eigenvalue weighted by Gasteiger charge is 2.12. The summed E-state index contributed by atoms with van der Waals surface area (Å²) in [5.74, 6) is 0. The average molecular weight is 227 g/mol. The lowest BCUT2D eigenvalue weighted by atomic mass is 10.0. The number of aromatic nitrogens is 2. The molecule has 0 spiro atoms. The maximum absolute atomic E-state index is 4.34. The smallest absolute Gasteiger partial charge is 0.0590 e. The van der Waals surface area contributed by atoms with Crippen molar-refractivity contribution < 1.29 is 0 Å². The van der Waals surface area contributed by atoms with Crippen molar-refractivity contribution in [3.05, 3.63) is 59.2 Å². The summed E-state index contributed by atoms with van der Waals surface area (Å²) < 4.78 is 0. The molecule has 0 fully saturated rings. The third kappa shape index (κ3) is 2.68. The minimum Gasteiger partial charge on any atom is -0.309 e. The van der Waals surface area contributed by atoms with Crippen molar-refractivity contribution in [1.29, 1.82) is 0 Å². The molecule has 0 saturated carbocycles. The predicted octanol–water partition coefficient (Wildman–Crippen LogP) is 2.40. The van der Waals surface area contributed by atoms with Gasteiger partial charge >= 0.3 is 0 Å². The van der Waals surface area contributed by atoms with E-state index in [1.54, 1.807) is 0 Å². The zero-order chi connectivity index (χ0) is 12.3. The molecule has 0 radical (unpaired) electrons. The number of nitrogens with zero attached hydrogens (tertiary/aromatic N) is 2. The summed E-state index contributed by atoms with van der Waals surface area (Å²) in [6.45, 7) is 4.00. The molecule has 1 N–H and O–H groups in total. The van der Waals surface area contributed by atoms with Gasteiger partial charge in [-0.2, -0.15) is 0 Å². The first-order valence-electron chi connectivity index (χ1n) is 5.73. The van der Waals surface area contributed by atoms with Gasteiger partial charge < -0.3 is 5.32 Å². The SMILES string of the molecule is CNC(c1ccc(C)nc1)c1ccnc(C)c1. The Bertz CT molecular complexity index is 491. The van der Waals surface area contributed by atoms with Gasteiger partial charge in [-0.25, -0.2) is 0 Å². The average Bonchev–Trinajstić information content (AvgIpc) is 2.33. The number of hydrogen-bond acceptors (Lipinski definition) is 3. The van der Waals surface area contributed by atoms with E-state index in [0.29, 0.717) is 0 Å². The molecule has 0 amide bonds. The van der Waals surface area contributed by atoms with Gasteiger partial charge in [0.1, 0.15) is 0 Å². The maximum Gasteiger partial charge on any atom is 0.0590 e. The number of rotatable bonds is 3. The predicted molar refractivity (Wildman–Crippen MR) is 68.9 cm³/mol. The molecule has 0 aliphatic rings. The van der Waals surface area contributed by atoms with Crippen LogP contribution in [0.1, 0.15) is 28.6 Å². The maximum atomic E-state index is 4.34. The van der Waals surface area contributed by atoms with Crippen molar-refractivity contribution in [3.63, 3.8) is 0 Å². The molecule has 3 nitrogen and oxygen atoms in total. The Morgan fingerprint density at radius 3 is 2.41 bits per heavy atom. The summed E-state index contributed by atoms with van der Waals surface area (Å²) in [4.78, 5) is 8.56. The van der Waals surface area contributed by atoms with E-state index >= 15 is 0 Å². The van der Waals surface area contributed by atoms with Crippen LogP contribution in [-0.2, 0) is 0 Å². The Morgan fingerprint density at radius 1 is 1.00 bits per heavy atom. The third-order valence-electron chi connectivity index (χ3n) is 2.81. The molecular formula is C14H17N3. The van der Waals surface area contributed by atoms with Gasteiger partial charge in [0.05, 0.1) is 6.04 Å². The quantitative estimate of drug-likeness (QED) is 0.875. The van der Waals surface area contributed by atoms with Crippen LogP contribution in [0.5, 0.6) is 0 Å². The first-order valence-corrected chi connectivity index (χ1v) is 5.73. The molecule has 2 aromatic rings. The highest BCUT2D eigenvalue weighted by atomic mass is 14.9. The molecule has 17 heavy (non-hydrogen) atoms. The van der Waals surface area contributed by atoms with Gasteiger partial charge in [-0.3, -0.25) is 9.97 Å². The van der Waals surface area contributed by atoms with Crippen LogP contribution in [0.2, 0.25) is 0 Å². The van der Waals surface area contributed by atoms with E-state index in [9.17, 15) is 0 Å². The van der Waals surface area contributed by atoms with Crippen molar-refractivity contribution in [2.75, 3.05) is 7.05 Å². The highest BCUT2D eigenvalue weighted by molar-refractivity contribution is 5.30. The number of hydrogen-bond donors (Lipinski definition) is 1. The van der Waals surface area contributed by atoms with Gasteiger partial charge in [0, 0.05) is 23.8 Å². The van der Waals surface area contributed by atoms with Crippen molar-refractivity contribution in [2.45, 2.75) is 19.9 Å². The fraction of sp³-hybridized carbons (Fsp3) is 0.286. The molecule has 1 unspecified atom stereocenters. The standard InChI is InChI=1S/C14H17N3/c1-10-4-5-13(9-17-10)14(15-3)12-6-7-16-11(2)8-12/h4-9,14-15H,1-3H3. The second-order valence-electron chi connectivity index (χ2n) is 4.19. The largest absolute Gasteiger partial charge is 0.309 e. The lowest BCUT2D eigenvalue weighted by Crippen LogP contribution is -2.18. The Kier molecular flexibility index (Phi) is 3.49. The van der Waals surface area contributed by atoms with Gasteiger partial charge in [-0.15, -0.1) is 0 Å². The summed E-state index contributed by atoms with van der Waals surface area (Å²) >= 11 is 0. The molecule has 0 aliphatic heterocycles. The first kappa shape index (κ1) is 11.7. The van der Waals surface area contributed by atoms with Gasteiger partial charge in [-0.05, 0) is 50.2 Å². The molecule has 1 atom stereocenters. The van der Waals surface area contributed by atoms with Gasteiger partial charge in [-0.1, -0.05) is 6.07 Å². The van der Waals surface area contributed by atoms with Gasteiger partial charge in [0.2, 0.25) is 0 Å². The normalized spacial score (nSPS) is 12.4. The van der Waals surface area contributed by atoms with E-state index in [4.69, 9.17) is 0 Å². The van der Waals surface area contributed by atoms with Crippen molar-refractivity contribution in [2.24, 2.45) is 0 Å². The Morgan fingerprint density at radius 2 is 1.82 bits per heavy atom. The van der Waals surface area contributed by atoms with E-state index in [1.807, 2.05) is 45.4 Å². The number of aryl methyl sites for hydroxylation is 2. The molecule has 3 heteroatoms. The molecule has 2 heterocycles. The molecular weight excluding hydrogens is 210 g/mol. The molecule has 2 aromatic heterocycles. The molecule has 2 rings (SSSR count). The zero-order valence-electron chi connectivity index (χ0n) is 10.4. The summed E-state index contributed by atoms with van der Waals surface area (Å²) in [5.41, 5.74) is 4.45. The van der Waals surface area contributed by atoms with E-state index in [1.165, 1.54) is 11.1 Å². The van der Waals surface area contributed by atoms with E-state index in [2.05, 4.69) is 27.4 Å². The summed E-state index contributed by atoms with van der Waals surface area (Å²) in [7, 11) is 1.96. The second-order valence-corrected chi connectivity index (χ2v) is 4.19. The lowest BCUT2D eigenvalue weighted by Gasteiger charge is -2.17. The van der Waals surface area contributed by atoms with Crippen molar-refractivity contribution in [3.8, 4) is 0 Å². The van der Waals surface area contributed by atoms with Crippen LogP contribution in [0.4, 0.5) is 0 Å². The first-order chi connectivity index (χ1) is 8.20. The monoisotopic (exact) mass is 227 g/mol. The third-order valence-corrected chi connectivity index (χ3v) is 2.81. The fourth-order valence-electron chi connectivity index (χ4n) is 1.92. The van der Waals surface area contributed by atoms with Crippen LogP contribution < -0.4 is 5.32 Å². The molecule has 88 valence electrons. The Balaban J connectivity index is 2.36. The van der Waals surface area contributed by atoms with Crippen LogP contribution in [0.15, 0.2) is 36.7 Å². The minimum absolute atomic E-state index is 0.171. The Labute approximate surface area is 102 Å².